The van der Waals surface area contributed by atoms with Crippen molar-refractivity contribution in [2.45, 2.75) is 25.9 Å². The van der Waals surface area contributed by atoms with Crippen LogP contribution in [0.2, 0.25) is 0 Å². The second-order valence-electron chi connectivity index (χ2n) is 3.76. The van der Waals surface area contributed by atoms with E-state index in [4.69, 9.17) is 15.2 Å². The van der Waals surface area contributed by atoms with Crippen LogP contribution in [0, 0.1) is 0 Å². The summed E-state index contributed by atoms with van der Waals surface area (Å²) in [5.41, 5.74) is 4.07. The normalized spacial score (nSPS) is 11.6. The molecule has 0 saturated carbocycles. The predicted molar refractivity (Wildman–Crippen MR) is 62.7 cm³/mol. The Morgan fingerprint density at radius 2 is 1.95 bits per heavy atom. The maximum atomic E-state index is 12.4. The van der Waals surface area contributed by atoms with Crippen LogP contribution < -0.4 is 10.5 Å². The van der Waals surface area contributed by atoms with E-state index in [0.717, 1.165) is 12.8 Å². The van der Waals surface area contributed by atoms with Gasteiger partial charge in [-0.3, -0.25) is 0 Å². The third kappa shape index (κ3) is 5.73. The maximum Gasteiger partial charge on any atom is 0.433 e. The Bertz CT molecular complexity index is 399. The highest BCUT2D eigenvalue weighted by molar-refractivity contribution is 5.27. The van der Waals surface area contributed by atoms with E-state index in [1.807, 2.05) is 6.92 Å². The molecule has 0 atom stereocenters. The van der Waals surface area contributed by atoms with Gasteiger partial charge < -0.3 is 15.2 Å². The summed E-state index contributed by atoms with van der Waals surface area (Å²) in [7, 11) is 0. The summed E-state index contributed by atoms with van der Waals surface area (Å²) in [5.74, 6) is -0.685. The lowest BCUT2D eigenvalue weighted by atomic mass is 10.4. The Morgan fingerprint density at radius 1 is 1.21 bits per heavy atom. The van der Waals surface area contributed by atoms with Crippen molar-refractivity contribution in [3.8, 4) is 5.88 Å². The van der Waals surface area contributed by atoms with Crippen LogP contribution in [0.4, 0.5) is 19.1 Å². The lowest BCUT2D eigenvalue weighted by molar-refractivity contribution is -0.141. The Hall–Kier alpha value is -1.57. The summed E-state index contributed by atoms with van der Waals surface area (Å²) < 4.78 is 47.6. The van der Waals surface area contributed by atoms with Gasteiger partial charge in [0.25, 0.3) is 0 Å². The molecule has 0 aliphatic rings. The number of alkyl halides is 3. The van der Waals surface area contributed by atoms with E-state index in [9.17, 15) is 13.2 Å². The smallest absolute Gasteiger partial charge is 0.433 e. The van der Waals surface area contributed by atoms with Gasteiger partial charge in [-0.25, -0.2) is 4.98 Å². The maximum absolute atomic E-state index is 12.4. The number of nitrogens with zero attached hydrogens (tertiary/aromatic N) is 2. The molecule has 0 spiro atoms. The highest BCUT2D eigenvalue weighted by Gasteiger charge is 2.33. The summed E-state index contributed by atoms with van der Waals surface area (Å²) in [4.78, 5) is 6.67. The molecule has 0 bridgehead atoms. The van der Waals surface area contributed by atoms with E-state index in [-0.39, 0.29) is 19.1 Å². The van der Waals surface area contributed by atoms with Gasteiger partial charge in [0.1, 0.15) is 6.61 Å². The van der Waals surface area contributed by atoms with Crippen LogP contribution in [0.5, 0.6) is 5.88 Å². The largest absolute Gasteiger partial charge is 0.475 e. The molecule has 0 fully saturated rings. The third-order valence-electron chi connectivity index (χ3n) is 2.13. The Labute approximate surface area is 108 Å². The van der Waals surface area contributed by atoms with E-state index in [1.54, 1.807) is 0 Å². The van der Waals surface area contributed by atoms with E-state index in [2.05, 4.69) is 9.97 Å². The molecule has 1 aromatic rings. The standard InChI is InChI=1S/C11H16F3N3O2/c1-2-3-4-18-5-6-19-9-7-8(11(12,13)14)16-10(15)17-9/h7H,2-6H2,1H3,(H2,15,16,17). The lowest BCUT2D eigenvalue weighted by Crippen LogP contribution is -2.13. The van der Waals surface area contributed by atoms with Gasteiger partial charge in [0.05, 0.1) is 6.61 Å². The number of rotatable bonds is 7. The van der Waals surface area contributed by atoms with E-state index in [1.165, 1.54) is 0 Å². The summed E-state index contributed by atoms with van der Waals surface area (Å²) >= 11 is 0. The molecule has 5 nitrogen and oxygen atoms in total. The van der Waals surface area contributed by atoms with E-state index in [0.29, 0.717) is 12.7 Å². The number of hydrogen-bond acceptors (Lipinski definition) is 5. The second kappa shape index (κ2) is 7.13. The minimum atomic E-state index is -4.58. The van der Waals surface area contributed by atoms with Crippen LogP contribution >= 0.6 is 0 Å². The van der Waals surface area contributed by atoms with Crippen LogP contribution in [0.1, 0.15) is 25.5 Å². The molecule has 0 aliphatic carbocycles. The highest BCUT2D eigenvalue weighted by Crippen LogP contribution is 2.29. The van der Waals surface area contributed by atoms with Crippen LogP contribution in [0.15, 0.2) is 6.07 Å². The van der Waals surface area contributed by atoms with Gasteiger partial charge in [0.15, 0.2) is 5.69 Å². The molecule has 0 unspecified atom stereocenters. The quantitative estimate of drug-likeness (QED) is 0.775. The lowest BCUT2D eigenvalue weighted by Gasteiger charge is -2.10. The Kier molecular flexibility index (Phi) is 5.81. The van der Waals surface area contributed by atoms with Crippen LogP contribution in [-0.4, -0.2) is 29.8 Å². The SMILES string of the molecule is CCCCOCCOc1cc(C(F)(F)F)nc(N)n1. The summed E-state index contributed by atoms with van der Waals surface area (Å²) in [5, 5.41) is 0. The monoisotopic (exact) mass is 279 g/mol. The molecule has 108 valence electrons. The molecule has 2 N–H and O–H groups in total. The molecule has 0 radical (unpaired) electrons. The third-order valence-corrected chi connectivity index (χ3v) is 2.13. The number of nitrogen functional groups attached to an aromatic ring is 1. The second-order valence-corrected chi connectivity index (χ2v) is 3.76. The van der Waals surface area contributed by atoms with Crippen molar-refractivity contribution >= 4 is 5.95 Å². The summed E-state index contributed by atoms with van der Waals surface area (Å²) in [6, 6.07) is 0.711. The fraction of sp³-hybridized carbons (Fsp3) is 0.636. The molecule has 0 amide bonds. The van der Waals surface area contributed by atoms with Crippen LogP contribution in [0.25, 0.3) is 0 Å². The molecule has 0 aliphatic heterocycles. The van der Waals surface area contributed by atoms with Crippen LogP contribution in [0.3, 0.4) is 0 Å². The van der Waals surface area contributed by atoms with Crippen LogP contribution in [-0.2, 0) is 10.9 Å². The first-order valence-corrected chi connectivity index (χ1v) is 5.85. The summed E-state index contributed by atoms with van der Waals surface area (Å²) in [6.45, 7) is 3.02. The number of nitrogens with two attached hydrogens (primary N) is 1. The van der Waals surface area contributed by atoms with E-state index >= 15 is 0 Å². The van der Waals surface area contributed by atoms with Gasteiger partial charge in [0, 0.05) is 12.7 Å². The van der Waals surface area contributed by atoms with Gasteiger partial charge in [-0.2, -0.15) is 18.2 Å². The van der Waals surface area contributed by atoms with Crippen molar-refractivity contribution in [3.63, 3.8) is 0 Å². The number of unbranched alkanes of at least 4 members (excludes halogenated alkanes) is 1. The molecule has 1 aromatic heterocycles. The van der Waals surface area contributed by atoms with Crippen molar-refractivity contribution < 1.29 is 22.6 Å². The van der Waals surface area contributed by atoms with Gasteiger partial charge in [-0.05, 0) is 6.42 Å². The molecule has 8 heteroatoms. The molecule has 19 heavy (non-hydrogen) atoms. The Morgan fingerprint density at radius 3 is 2.58 bits per heavy atom. The minimum Gasteiger partial charge on any atom is -0.475 e. The number of ether oxygens (including phenoxy) is 2. The minimum absolute atomic E-state index is 0.109. The number of halogens is 3. The van der Waals surface area contributed by atoms with Gasteiger partial charge in [-0.15, -0.1) is 0 Å². The predicted octanol–water partition coefficient (Wildman–Crippen LogP) is 2.27. The first-order chi connectivity index (χ1) is 8.93. The van der Waals surface area contributed by atoms with Crippen molar-refractivity contribution in [2.75, 3.05) is 25.6 Å². The van der Waals surface area contributed by atoms with Gasteiger partial charge >= 0.3 is 6.18 Å². The van der Waals surface area contributed by atoms with Gasteiger partial charge in [-0.1, -0.05) is 13.3 Å². The average Bonchev–Trinajstić information content (AvgIpc) is 2.32. The molecule has 0 saturated heterocycles. The molecule has 1 heterocycles. The Balaban J connectivity index is 2.48. The zero-order valence-corrected chi connectivity index (χ0v) is 10.5. The van der Waals surface area contributed by atoms with Crippen molar-refractivity contribution in [1.29, 1.82) is 0 Å². The molecule has 1 rings (SSSR count). The number of hydrogen-bond donors (Lipinski definition) is 1. The van der Waals surface area contributed by atoms with Gasteiger partial charge in [0.2, 0.25) is 11.8 Å². The molecular weight excluding hydrogens is 263 g/mol. The van der Waals surface area contributed by atoms with Crippen molar-refractivity contribution in [2.24, 2.45) is 0 Å². The van der Waals surface area contributed by atoms with Crippen molar-refractivity contribution in [1.82, 2.24) is 9.97 Å². The number of anilines is 1. The topological polar surface area (TPSA) is 70.3 Å². The van der Waals surface area contributed by atoms with E-state index < -0.39 is 17.8 Å². The fourth-order valence-electron chi connectivity index (χ4n) is 1.22. The molecule has 0 aromatic carbocycles. The highest BCUT2D eigenvalue weighted by atomic mass is 19.4. The first kappa shape index (κ1) is 15.5. The zero-order chi connectivity index (χ0) is 14.3. The number of aromatic nitrogens is 2. The molecular formula is C11H16F3N3O2. The zero-order valence-electron chi connectivity index (χ0n) is 10.5. The average molecular weight is 279 g/mol. The van der Waals surface area contributed by atoms with Crippen molar-refractivity contribution in [3.05, 3.63) is 11.8 Å². The fourth-order valence-corrected chi connectivity index (χ4v) is 1.22. The summed E-state index contributed by atoms with van der Waals surface area (Å²) in [6.07, 6.45) is -2.64. The first-order valence-electron chi connectivity index (χ1n) is 5.85.